The first-order chi connectivity index (χ1) is 7.06. The highest BCUT2D eigenvalue weighted by Gasteiger charge is 2.19. The molecular formula is C12H17N3. The van der Waals surface area contributed by atoms with Crippen molar-refractivity contribution in [1.29, 1.82) is 0 Å². The molecule has 80 valence electrons. The van der Waals surface area contributed by atoms with Crippen molar-refractivity contribution in [2.24, 2.45) is 0 Å². The summed E-state index contributed by atoms with van der Waals surface area (Å²) in [7, 11) is 0. The molecule has 0 bridgehead atoms. The van der Waals surface area contributed by atoms with Gasteiger partial charge >= 0.3 is 0 Å². The Morgan fingerprint density at radius 1 is 1.40 bits per heavy atom. The Balaban J connectivity index is 2.69. The molecule has 0 unspecified atom stereocenters. The minimum atomic E-state index is 0.0859. The molecule has 0 radical (unpaired) electrons. The van der Waals surface area contributed by atoms with E-state index in [1.165, 1.54) is 0 Å². The molecule has 0 aliphatic carbocycles. The maximum atomic E-state index is 5.90. The Kier molecular flexibility index (Phi) is 2.18. The lowest BCUT2D eigenvalue weighted by Gasteiger charge is -2.25. The fourth-order valence-corrected chi connectivity index (χ4v) is 1.72. The summed E-state index contributed by atoms with van der Waals surface area (Å²) >= 11 is 0. The van der Waals surface area contributed by atoms with Crippen LogP contribution in [-0.2, 0) is 5.54 Å². The number of hydrogen-bond acceptors (Lipinski definition) is 2. The van der Waals surface area contributed by atoms with Crippen molar-refractivity contribution in [3.05, 3.63) is 24.5 Å². The van der Waals surface area contributed by atoms with Gasteiger partial charge in [0, 0.05) is 29.0 Å². The number of rotatable bonds is 2. The zero-order valence-corrected chi connectivity index (χ0v) is 9.49. The molecule has 0 aliphatic heterocycles. The van der Waals surface area contributed by atoms with Crippen molar-refractivity contribution in [3.63, 3.8) is 0 Å². The van der Waals surface area contributed by atoms with Gasteiger partial charge < -0.3 is 10.3 Å². The summed E-state index contributed by atoms with van der Waals surface area (Å²) in [5.74, 6) is 0. The van der Waals surface area contributed by atoms with Gasteiger partial charge in [0.1, 0.15) is 5.65 Å². The minimum absolute atomic E-state index is 0.0859. The molecule has 2 N–H and O–H groups in total. The van der Waals surface area contributed by atoms with Crippen LogP contribution >= 0.6 is 0 Å². The predicted octanol–water partition coefficient (Wildman–Crippen LogP) is 2.76. The molecule has 0 saturated carbocycles. The van der Waals surface area contributed by atoms with E-state index in [1.807, 2.05) is 12.1 Å². The van der Waals surface area contributed by atoms with Crippen molar-refractivity contribution < 1.29 is 0 Å². The summed E-state index contributed by atoms with van der Waals surface area (Å²) in [6, 6.07) is 3.88. The van der Waals surface area contributed by atoms with Crippen LogP contribution in [0.3, 0.4) is 0 Å². The van der Waals surface area contributed by atoms with Gasteiger partial charge in [-0.15, -0.1) is 0 Å². The Bertz CT molecular complexity index is 483. The Morgan fingerprint density at radius 2 is 2.13 bits per heavy atom. The van der Waals surface area contributed by atoms with Gasteiger partial charge in [0.15, 0.2) is 0 Å². The zero-order chi connectivity index (χ0) is 11.1. The molecule has 2 rings (SSSR count). The summed E-state index contributed by atoms with van der Waals surface area (Å²) in [4.78, 5) is 4.40. The molecule has 3 nitrogen and oxygen atoms in total. The van der Waals surface area contributed by atoms with Crippen molar-refractivity contribution in [1.82, 2.24) is 9.55 Å². The predicted molar refractivity (Wildman–Crippen MR) is 63.8 cm³/mol. The third-order valence-electron chi connectivity index (χ3n) is 3.14. The number of anilines is 1. The standard InChI is InChI=1S/C12H17N3/c1-4-12(2,3)15-8-6-9-10(13)5-7-14-11(9)15/h5-8H,4H2,1-3H3,(H2,13,14). The van der Waals surface area contributed by atoms with E-state index in [-0.39, 0.29) is 5.54 Å². The zero-order valence-electron chi connectivity index (χ0n) is 9.49. The van der Waals surface area contributed by atoms with Crippen molar-refractivity contribution in [2.45, 2.75) is 32.7 Å². The molecule has 2 aromatic rings. The van der Waals surface area contributed by atoms with E-state index < -0.39 is 0 Å². The molecule has 0 amide bonds. The second kappa shape index (κ2) is 3.26. The van der Waals surface area contributed by atoms with E-state index in [9.17, 15) is 0 Å². The molecule has 0 fully saturated rings. The summed E-state index contributed by atoms with van der Waals surface area (Å²) in [5, 5.41) is 1.04. The Morgan fingerprint density at radius 3 is 2.80 bits per heavy atom. The molecule has 2 aromatic heterocycles. The third kappa shape index (κ3) is 1.48. The molecule has 0 saturated heterocycles. The number of nitrogens with two attached hydrogens (primary N) is 1. The monoisotopic (exact) mass is 203 g/mol. The molecule has 0 aromatic carbocycles. The van der Waals surface area contributed by atoms with Gasteiger partial charge in [-0.3, -0.25) is 0 Å². The number of pyridine rings is 1. The minimum Gasteiger partial charge on any atom is -0.398 e. The lowest BCUT2D eigenvalue weighted by Crippen LogP contribution is -2.24. The van der Waals surface area contributed by atoms with Gasteiger partial charge in [-0.1, -0.05) is 6.92 Å². The topological polar surface area (TPSA) is 43.8 Å². The molecular weight excluding hydrogens is 186 g/mol. The fraction of sp³-hybridized carbons (Fsp3) is 0.417. The van der Waals surface area contributed by atoms with E-state index in [0.717, 1.165) is 23.1 Å². The average molecular weight is 203 g/mol. The second-order valence-electron chi connectivity index (χ2n) is 4.49. The first kappa shape index (κ1) is 10.0. The van der Waals surface area contributed by atoms with Crippen LogP contribution in [0.1, 0.15) is 27.2 Å². The molecule has 0 atom stereocenters. The first-order valence-electron chi connectivity index (χ1n) is 5.28. The Labute approximate surface area is 89.9 Å². The van der Waals surface area contributed by atoms with Crippen molar-refractivity contribution >= 4 is 16.7 Å². The summed E-state index contributed by atoms with van der Waals surface area (Å²) in [6.45, 7) is 6.59. The number of nitrogen functional groups attached to an aromatic ring is 1. The van der Waals surface area contributed by atoms with Crippen LogP contribution in [0.5, 0.6) is 0 Å². The van der Waals surface area contributed by atoms with Gasteiger partial charge in [-0.25, -0.2) is 4.98 Å². The fourth-order valence-electron chi connectivity index (χ4n) is 1.72. The SMILES string of the molecule is CCC(C)(C)n1ccc2c(N)ccnc21. The van der Waals surface area contributed by atoms with Crippen LogP contribution in [0.4, 0.5) is 5.69 Å². The van der Waals surface area contributed by atoms with Gasteiger partial charge in [0.05, 0.1) is 0 Å². The van der Waals surface area contributed by atoms with Crippen molar-refractivity contribution in [3.8, 4) is 0 Å². The van der Waals surface area contributed by atoms with E-state index in [1.54, 1.807) is 6.20 Å². The van der Waals surface area contributed by atoms with Gasteiger partial charge in [0.25, 0.3) is 0 Å². The van der Waals surface area contributed by atoms with E-state index in [2.05, 4.69) is 36.5 Å². The lowest BCUT2D eigenvalue weighted by molar-refractivity contribution is 0.352. The van der Waals surface area contributed by atoms with Crippen LogP contribution in [0.15, 0.2) is 24.5 Å². The highest BCUT2D eigenvalue weighted by atomic mass is 15.1. The van der Waals surface area contributed by atoms with Crippen LogP contribution in [-0.4, -0.2) is 9.55 Å². The van der Waals surface area contributed by atoms with Gasteiger partial charge in [-0.2, -0.15) is 0 Å². The number of hydrogen-bond donors (Lipinski definition) is 1. The lowest BCUT2D eigenvalue weighted by atomic mass is 10.0. The van der Waals surface area contributed by atoms with Crippen molar-refractivity contribution in [2.75, 3.05) is 5.73 Å². The van der Waals surface area contributed by atoms with Crippen LogP contribution in [0.25, 0.3) is 11.0 Å². The molecule has 2 heterocycles. The first-order valence-corrected chi connectivity index (χ1v) is 5.28. The van der Waals surface area contributed by atoms with E-state index >= 15 is 0 Å². The highest BCUT2D eigenvalue weighted by Crippen LogP contribution is 2.27. The third-order valence-corrected chi connectivity index (χ3v) is 3.14. The van der Waals surface area contributed by atoms with Crippen LogP contribution in [0, 0.1) is 0 Å². The second-order valence-corrected chi connectivity index (χ2v) is 4.49. The molecule has 0 spiro atoms. The molecule has 0 aliphatic rings. The average Bonchev–Trinajstić information content (AvgIpc) is 2.63. The maximum absolute atomic E-state index is 5.90. The summed E-state index contributed by atoms with van der Waals surface area (Å²) in [5.41, 5.74) is 7.76. The van der Waals surface area contributed by atoms with Gasteiger partial charge in [-0.05, 0) is 32.4 Å². The summed E-state index contributed by atoms with van der Waals surface area (Å²) in [6.07, 6.45) is 4.89. The molecule has 15 heavy (non-hydrogen) atoms. The quantitative estimate of drug-likeness (QED) is 0.815. The van der Waals surface area contributed by atoms with Crippen LogP contribution in [0.2, 0.25) is 0 Å². The number of aromatic nitrogens is 2. The van der Waals surface area contributed by atoms with Crippen LogP contribution < -0.4 is 5.73 Å². The smallest absolute Gasteiger partial charge is 0.142 e. The molecule has 3 heteroatoms. The van der Waals surface area contributed by atoms with E-state index in [0.29, 0.717) is 0 Å². The van der Waals surface area contributed by atoms with Gasteiger partial charge in [0.2, 0.25) is 0 Å². The number of fused-ring (bicyclic) bond motifs is 1. The maximum Gasteiger partial charge on any atom is 0.142 e. The Hall–Kier alpha value is -1.51. The normalized spacial score (nSPS) is 12.2. The highest BCUT2D eigenvalue weighted by molar-refractivity contribution is 5.88. The van der Waals surface area contributed by atoms with E-state index in [4.69, 9.17) is 5.73 Å². The largest absolute Gasteiger partial charge is 0.398 e. The summed E-state index contributed by atoms with van der Waals surface area (Å²) < 4.78 is 2.19. The number of nitrogens with zero attached hydrogens (tertiary/aromatic N) is 2.